The van der Waals surface area contributed by atoms with Crippen LogP contribution in [0.1, 0.15) is 45.9 Å². The smallest absolute Gasteiger partial charge is 0.257 e. The van der Waals surface area contributed by atoms with Crippen molar-refractivity contribution in [2.75, 3.05) is 5.32 Å². The van der Waals surface area contributed by atoms with Gasteiger partial charge in [-0.2, -0.15) is 0 Å². The molecule has 0 saturated carbocycles. The van der Waals surface area contributed by atoms with Crippen LogP contribution in [0.3, 0.4) is 0 Å². The number of rotatable bonds is 5. The molecule has 3 aromatic rings. The summed E-state index contributed by atoms with van der Waals surface area (Å²) in [7, 11) is 0. The van der Waals surface area contributed by atoms with Crippen LogP contribution in [0.5, 0.6) is 5.75 Å². The molecular weight excluding hydrogens is 366 g/mol. The molecule has 0 bridgehead atoms. The Morgan fingerprint density at radius 3 is 2.81 bits per heavy atom. The van der Waals surface area contributed by atoms with E-state index in [2.05, 4.69) is 15.3 Å². The molecule has 0 atom stereocenters. The van der Waals surface area contributed by atoms with E-state index in [4.69, 9.17) is 4.74 Å². The largest absolute Gasteiger partial charge is 0.487 e. The number of nitrogens with one attached hydrogen (secondary N) is 1. The van der Waals surface area contributed by atoms with E-state index in [1.807, 2.05) is 5.38 Å². The fourth-order valence-electron chi connectivity index (χ4n) is 2.92. The van der Waals surface area contributed by atoms with Gasteiger partial charge in [0.25, 0.3) is 5.91 Å². The van der Waals surface area contributed by atoms with Gasteiger partial charge in [0, 0.05) is 15.8 Å². The van der Waals surface area contributed by atoms with Crippen LogP contribution in [-0.4, -0.2) is 15.9 Å². The number of hydrogen-bond donors (Lipinski definition) is 1. The number of amides is 1. The van der Waals surface area contributed by atoms with E-state index in [9.17, 15) is 4.79 Å². The molecule has 0 radical (unpaired) electrons. The summed E-state index contributed by atoms with van der Waals surface area (Å²) in [6.45, 7) is 0.430. The standard InChI is InChI=1S/C19H19N3O2S2/c23-18(22-19-21-16-4-2-1-3-5-17(16)26-19)13-6-8-15(9-7-13)24-10-14-11-25-12-20-14/h6-9,11-12H,1-5,10H2,(H,21,22,23). The van der Waals surface area contributed by atoms with Crippen molar-refractivity contribution in [2.45, 2.75) is 38.7 Å². The third-order valence-corrected chi connectivity index (χ3v) is 6.01. The topological polar surface area (TPSA) is 64.1 Å². The van der Waals surface area contributed by atoms with E-state index >= 15 is 0 Å². The number of aromatic nitrogens is 2. The molecule has 1 aliphatic rings. The average Bonchev–Trinajstić information content (AvgIpc) is 3.26. The van der Waals surface area contributed by atoms with Gasteiger partial charge in [0.05, 0.1) is 16.9 Å². The SMILES string of the molecule is O=C(Nc1nc2c(s1)CCCCC2)c1ccc(OCc2cscn2)cc1. The second-order valence-electron chi connectivity index (χ2n) is 6.20. The third kappa shape index (κ3) is 4.11. The number of aryl methyl sites for hydroxylation is 2. The predicted molar refractivity (Wildman–Crippen MR) is 104 cm³/mol. The quantitative estimate of drug-likeness (QED) is 0.647. The van der Waals surface area contributed by atoms with Gasteiger partial charge in [0.2, 0.25) is 0 Å². The lowest BCUT2D eigenvalue weighted by Gasteiger charge is -2.06. The molecule has 1 aromatic carbocycles. The summed E-state index contributed by atoms with van der Waals surface area (Å²) in [6, 6.07) is 7.14. The molecule has 26 heavy (non-hydrogen) atoms. The molecule has 0 fully saturated rings. The minimum atomic E-state index is -0.139. The first kappa shape index (κ1) is 17.2. The van der Waals surface area contributed by atoms with E-state index in [-0.39, 0.29) is 5.91 Å². The van der Waals surface area contributed by atoms with Crippen LogP contribution >= 0.6 is 22.7 Å². The Kier molecular flexibility index (Phi) is 5.26. The molecule has 5 nitrogen and oxygen atoms in total. The Labute approximate surface area is 160 Å². The van der Waals surface area contributed by atoms with Gasteiger partial charge >= 0.3 is 0 Å². The number of hydrogen-bond acceptors (Lipinski definition) is 6. The monoisotopic (exact) mass is 385 g/mol. The highest BCUT2D eigenvalue weighted by molar-refractivity contribution is 7.15. The molecule has 2 heterocycles. The van der Waals surface area contributed by atoms with Crippen LogP contribution in [0.25, 0.3) is 0 Å². The van der Waals surface area contributed by atoms with Crippen molar-refractivity contribution in [2.24, 2.45) is 0 Å². The van der Waals surface area contributed by atoms with Crippen LogP contribution in [0, 0.1) is 0 Å². The first-order chi connectivity index (χ1) is 12.8. The summed E-state index contributed by atoms with van der Waals surface area (Å²) < 4.78 is 5.67. The highest BCUT2D eigenvalue weighted by atomic mass is 32.1. The predicted octanol–water partition coefficient (Wildman–Crippen LogP) is 4.70. The summed E-state index contributed by atoms with van der Waals surface area (Å²) >= 11 is 3.15. The molecule has 1 aliphatic carbocycles. The van der Waals surface area contributed by atoms with Gasteiger partial charge in [0.15, 0.2) is 5.13 Å². The number of carbonyl (C=O) groups is 1. The maximum atomic E-state index is 12.5. The van der Waals surface area contributed by atoms with Gasteiger partial charge in [-0.05, 0) is 49.9 Å². The fraction of sp³-hybridized carbons (Fsp3) is 0.316. The van der Waals surface area contributed by atoms with E-state index in [0.717, 1.165) is 30.0 Å². The summed E-state index contributed by atoms with van der Waals surface area (Å²) in [5.74, 6) is 0.579. The summed E-state index contributed by atoms with van der Waals surface area (Å²) in [5, 5.41) is 5.58. The molecule has 4 rings (SSSR count). The molecular formula is C19H19N3O2S2. The van der Waals surface area contributed by atoms with Gasteiger partial charge in [-0.3, -0.25) is 10.1 Å². The number of fused-ring (bicyclic) bond motifs is 1. The Bertz CT molecular complexity index is 849. The lowest BCUT2D eigenvalue weighted by atomic mass is 10.2. The molecule has 0 saturated heterocycles. The van der Waals surface area contributed by atoms with Crippen molar-refractivity contribution < 1.29 is 9.53 Å². The highest BCUT2D eigenvalue weighted by Gasteiger charge is 2.16. The van der Waals surface area contributed by atoms with Gasteiger partial charge in [-0.25, -0.2) is 9.97 Å². The molecule has 0 spiro atoms. The van der Waals surface area contributed by atoms with Crippen LogP contribution < -0.4 is 10.1 Å². The first-order valence-corrected chi connectivity index (χ1v) is 10.4. The Morgan fingerprint density at radius 2 is 2.00 bits per heavy atom. The van der Waals surface area contributed by atoms with Crippen molar-refractivity contribution in [1.29, 1.82) is 0 Å². The van der Waals surface area contributed by atoms with Gasteiger partial charge < -0.3 is 4.74 Å². The highest BCUT2D eigenvalue weighted by Crippen LogP contribution is 2.29. The van der Waals surface area contributed by atoms with E-state index in [1.165, 1.54) is 24.1 Å². The van der Waals surface area contributed by atoms with Crippen molar-refractivity contribution in [3.05, 3.63) is 57.0 Å². The zero-order chi connectivity index (χ0) is 17.8. The molecule has 1 N–H and O–H groups in total. The number of thiazole rings is 2. The number of ether oxygens (including phenoxy) is 1. The van der Waals surface area contributed by atoms with E-state index in [0.29, 0.717) is 17.3 Å². The third-order valence-electron chi connectivity index (χ3n) is 4.30. The maximum absolute atomic E-state index is 12.5. The van der Waals surface area contributed by atoms with Crippen molar-refractivity contribution in [1.82, 2.24) is 9.97 Å². The molecule has 0 aliphatic heterocycles. The van der Waals surface area contributed by atoms with Crippen LogP contribution in [0.15, 0.2) is 35.2 Å². The van der Waals surface area contributed by atoms with E-state index < -0.39 is 0 Å². The molecule has 0 unspecified atom stereocenters. The minimum Gasteiger partial charge on any atom is -0.487 e. The zero-order valence-corrected chi connectivity index (χ0v) is 15.9. The zero-order valence-electron chi connectivity index (χ0n) is 14.2. The van der Waals surface area contributed by atoms with E-state index in [1.54, 1.807) is 52.4 Å². The second-order valence-corrected chi connectivity index (χ2v) is 8.00. The average molecular weight is 386 g/mol. The van der Waals surface area contributed by atoms with Gasteiger partial charge in [0.1, 0.15) is 12.4 Å². The number of anilines is 1. The number of nitrogens with zero attached hydrogens (tertiary/aromatic N) is 2. The van der Waals surface area contributed by atoms with Crippen LogP contribution in [-0.2, 0) is 19.4 Å². The minimum absolute atomic E-state index is 0.139. The summed E-state index contributed by atoms with van der Waals surface area (Å²) in [6.07, 6.45) is 5.76. The molecule has 7 heteroatoms. The number of benzene rings is 1. The number of carbonyl (C=O) groups excluding carboxylic acids is 1. The van der Waals surface area contributed by atoms with Crippen LogP contribution in [0.2, 0.25) is 0 Å². The van der Waals surface area contributed by atoms with Crippen LogP contribution in [0.4, 0.5) is 5.13 Å². The lowest BCUT2D eigenvalue weighted by molar-refractivity contribution is 0.102. The summed E-state index contributed by atoms with van der Waals surface area (Å²) in [5.41, 5.74) is 4.44. The molecule has 1 amide bonds. The van der Waals surface area contributed by atoms with Crippen molar-refractivity contribution >= 4 is 33.7 Å². The lowest BCUT2D eigenvalue weighted by Crippen LogP contribution is -2.11. The Balaban J connectivity index is 1.37. The fourth-order valence-corrected chi connectivity index (χ4v) is 4.51. The second kappa shape index (κ2) is 7.97. The Hall–Kier alpha value is -2.25. The van der Waals surface area contributed by atoms with Gasteiger partial charge in [-0.1, -0.05) is 6.42 Å². The normalized spacial score (nSPS) is 13.7. The van der Waals surface area contributed by atoms with Gasteiger partial charge in [-0.15, -0.1) is 22.7 Å². The molecule has 134 valence electrons. The van der Waals surface area contributed by atoms with Crippen molar-refractivity contribution in [3.8, 4) is 5.75 Å². The summed E-state index contributed by atoms with van der Waals surface area (Å²) in [4.78, 5) is 22.6. The first-order valence-electron chi connectivity index (χ1n) is 8.68. The maximum Gasteiger partial charge on any atom is 0.257 e. The van der Waals surface area contributed by atoms with Crippen molar-refractivity contribution in [3.63, 3.8) is 0 Å². The molecule has 2 aromatic heterocycles. The Morgan fingerprint density at radius 1 is 1.15 bits per heavy atom.